The maximum Gasteiger partial charge on any atom is 0.123 e. The van der Waals surface area contributed by atoms with Crippen LogP contribution in [0.3, 0.4) is 0 Å². The molecule has 1 aromatic carbocycles. The fraction of sp³-hybridized carbons (Fsp3) is 0.562. The predicted molar refractivity (Wildman–Crippen MR) is 82.8 cm³/mol. The van der Waals surface area contributed by atoms with E-state index in [-0.39, 0.29) is 6.04 Å². The van der Waals surface area contributed by atoms with Crippen LogP contribution in [0.15, 0.2) is 24.3 Å². The average molecular weight is 272 g/mol. The molecular formula is C16H24N4. The summed E-state index contributed by atoms with van der Waals surface area (Å²) < 4.78 is 0. The Hall–Kier alpha value is -1.57. The smallest absolute Gasteiger partial charge is 0.123 e. The molecule has 0 N–H and O–H groups in total. The molecule has 1 aromatic rings. The van der Waals surface area contributed by atoms with Gasteiger partial charge in [-0.3, -0.25) is 4.90 Å². The third-order valence-corrected chi connectivity index (χ3v) is 4.07. The Kier molecular flexibility index (Phi) is 4.99. The maximum atomic E-state index is 9.52. The Morgan fingerprint density at radius 3 is 2.20 bits per heavy atom. The fourth-order valence-corrected chi connectivity index (χ4v) is 2.66. The van der Waals surface area contributed by atoms with Crippen LogP contribution < -0.4 is 4.90 Å². The highest BCUT2D eigenvalue weighted by Gasteiger charge is 2.24. The molecule has 0 radical (unpaired) electrons. The largest absolute Gasteiger partial charge is 0.378 e. The lowest BCUT2D eigenvalue weighted by Gasteiger charge is -2.36. The number of likely N-dealkylation sites (N-methyl/N-ethyl adjacent to an activating group) is 1. The van der Waals surface area contributed by atoms with Crippen molar-refractivity contribution in [3.63, 3.8) is 0 Å². The molecule has 0 aromatic heterocycles. The van der Waals surface area contributed by atoms with Gasteiger partial charge in [0.15, 0.2) is 0 Å². The zero-order chi connectivity index (χ0) is 14.5. The molecule has 2 rings (SSSR count). The minimum absolute atomic E-state index is 0.120. The Morgan fingerprint density at radius 1 is 1.15 bits per heavy atom. The average Bonchev–Trinajstić information content (AvgIpc) is 2.49. The van der Waals surface area contributed by atoms with Crippen molar-refractivity contribution in [1.82, 2.24) is 9.80 Å². The Morgan fingerprint density at radius 2 is 1.75 bits per heavy atom. The Bertz CT molecular complexity index is 452. The second kappa shape index (κ2) is 6.74. The van der Waals surface area contributed by atoms with E-state index in [4.69, 9.17) is 0 Å². The first-order chi connectivity index (χ1) is 9.65. The summed E-state index contributed by atoms with van der Waals surface area (Å²) in [5.41, 5.74) is 2.27. The quantitative estimate of drug-likeness (QED) is 0.839. The van der Waals surface area contributed by atoms with Gasteiger partial charge in [0.25, 0.3) is 0 Å². The van der Waals surface area contributed by atoms with Crippen LogP contribution in [-0.2, 0) is 0 Å². The molecule has 0 spiro atoms. The minimum atomic E-state index is -0.120. The SMILES string of the molecule is CCN1CCN(C(C#N)c2ccc(N(C)C)cc2)CC1. The lowest BCUT2D eigenvalue weighted by Crippen LogP contribution is -2.47. The van der Waals surface area contributed by atoms with E-state index >= 15 is 0 Å². The van der Waals surface area contributed by atoms with E-state index in [9.17, 15) is 5.26 Å². The van der Waals surface area contributed by atoms with Crippen LogP contribution in [0.25, 0.3) is 0 Å². The monoisotopic (exact) mass is 272 g/mol. The van der Waals surface area contributed by atoms with Crippen LogP contribution >= 0.6 is 0 Å². The van der Waals surface area contributed by atoms with E-state index in [0.29, 0.717) is 0 Å². The van der Waals surface area contributed by atoms with Crippen molar-refractivity contribution in [3.05, 3.63) is 29.8 Å². The van der Waals surface area contributed by atoms with Gasteiger partial charge in [0.05, 0.1) is 6.07 Å². The number of rotatable bonds is 4. The summed E-state index contributed by atoms with van der Waals surface area (Å²) in [6, 6.07) is 10.7. The normalized spacial score (nSPS) is 18.5. The van der Waals surface area contributed by atoms with E-state index < -0.39 is 0 Å². The standard InChI is InChI=1S/C16H24N4/c1-4-19-9-11-20(12-10-19)16(13-17)14-5-7-15(8-6-14)18(2)3/h5-8,16H,4,9-12H2,1-3H3. The van der Waals surface area contributed by atoms with Crippen LogP contribution in [-0.4, -0.2) is 56.6 Å². The van der Waals surface area contributed by atoms with Crippen molar-refractivity contribution >= 4 is 5.69 Å². The Labute approximate surface area is 122 Å². The van der Waals surface area contributed by atoms with Crippen molar-refractivity contribution < 1.29 is 0 Å². The van der Waals surface area contributed by atoms with Gasteiger partial charge in [-0.15, -0.1) is 0 Å². The van der Waals surface area contributed by atoms with Crippen LogP contribution in [0, 0.1) is 11.3 Å². The Balaban J connectivity index is 2.07. The number of nitrogens with zero attached hydrogens (tertiary/aromatic N) is 4. The molecule has 4 nitrogen and oxygen atoms in total. The summed E-state index contributed by atoms with van der Waals surface area (Å²) in [6.07, 6.45) is 0. The van der Waals surface area contributed by atoms with Crippen molar-refractivity contribution in [2.24, 2.45) is 0 Å². The van der Waals surface area contributed by atoms with Crippen LogP contribution in [0.2, 0.25) is 0 Å². The second-order valence-electron chi connectivity index (χ2n) is 5.49. The van der Waals surface area contributed by atoms with Gasteiger partial charge in [-0.2, -0.15) is 5.26 Å². The predicted octanol–water partition coefficient (Wildman–Crippen LogP) is 1.95. The highest BCUT2D eigenvalue weighted by atomic mass is 15.3. The maximum absolute atomic E-state index is 9.52. The molecule has 1 heterocycles. The van der Waals surface area contributed by atoms with E-state index in [1.165, 1.54) is 5.69 Å². The molecule has 1 atom stereocenters. The van der Waals surface area contributed by atoms with Crippen LogP contribution in [0.1, 0.15) is 18.5 Å². The molecule has 1 unspecified atom stereocenters. The van der Waals surface area contributed by atoms with Gasteiger partial charge in [-0.05, 0) is 24.2 Å². The molecule has 0 bridgehead atoms. The zero-order valence-electron chi connectivity index (χ0n) is 12.7. The topological polar surface area (TPSA) is 33.5 Å². The van der Waals surface area contributed by atoms with Crippen molar-refractivity contribution in [2.75, 3.05) is 51.7 Å². The van der Waals surface area contributed by atoms with Crippen molar-refractivity contribution in [3.8, 4) is 6.07 Å². The van der Waals surface area contributed by atoms with Crippen molar-refractivity contribution in [2.45, 2.75) is 13.0 Å². The minimum Gasteiger partial charge on any atom is -0.378 e. The lowest BCUT2D eigenvalue weighted by atomic mass is 10.0. The third-order valence-electron chi connectivity index (χ3n) is 4.07. The number of benzene rings is 1. The summed E-state index contributed by atoms with van der Waals surface area (Å²) in [4.78, 5) is 6.79. The van der Waals surface area contributed by atoms with Gasteiger partial charge in [-0.1, -0.05) is 19.1 Å². The molecule has 0 amide bonds. The highest BCUT2D eigenvalue weighted by molar-refractivity contribution is 5.47. The number of hydrogen-bond acceptors (Lipinski definition) is 4. The summed E-state index contributed by atoms with van der Waals surface area (Å²) >= 11 is 0. The molecule has 108 valence electrons. The van der Waals surface area contributed by atoms with E-state index in [0.717, 1.165) is 38.3 Å². The van der Waals surface area contributed by atoms with Crippen LogP contribution in [0.5, 0.6) is 0 Å². The van der Waals surface area contributed by atoms with Gasteiger partial charge in [0.2, 0.25) is 0 Å². The summed E-state index contributed by atoms with van der Waals surface area (Å²) in [6.45, 7) is 7.36. The second-order valence-corrected chi connectivity index (χ2v) is 5.49. The first-order valence-corrected chi connectivity index (χ1v) is 7.29. The highest BCUT2D eigenvalue weighted by Crippen LogP contribution is 2.23. The lowest BCUT2D eigenvalue weighted by molar-refractivity contribution is 0.118. The van der Waals surface area contributed by atoms with E-state index in [1.807, 2.05) is 14.1 Å². The van der Waals surface area contributed by atoms with Gasteiger partial charge in [-0.25, -0.2) is 0 Å². The molecule has 0 aliphatic carbocycles. The van der Waals surface area contributed by atoms with Gasteiger partial charge < -0.3 is 9.80 Å². The summed E-state index contributed by atoms with van der Waals surface area (Å²) in [7, 11) is 4.06. The number of nitriles is 1. The molecule has 1 aliphatic heterocycles. The molecular weight excluding hydrogens is 248 g/mol. The molecule has 20 heavy (non-hydrogen) atoms. The van der Waals surface area contributed by atoms with Crippen LogP contribution in [0.4, 0.5) is 5.69 Å². The van der Waals surface area contributed by atoms with Gasteiger partial charge in [0, 0.05) is 46.0 Å². The van der Waals surface area contributed by atoms with E-state index in [1.54, 1.807) is 0 Å². The molecule has 4 heteroatoms. The number of piperazine rings is 1. The zero-order valence-corrected chi connectivity index (χ0v) is 12.7. The number of hydrogen-bond donors (Lipinski definition) is 0. The first-order valence-electron chi connectivity index (χ1n) is 7.29. The fourth-order valence-electron chi connectivity index (χ4n) is 2.66. The van der Waals surface area contributed by atoms with Gasteiger partial charge in [0.1, 0.15) is 6.04 Å². The number of anilines is 1. The van der Waals surface area contributed by atoms with Crippen molar-refractivity contribution in [1.29, 1.82) is 5.26 Å². The first kappa shape index (κ1) is 14.8. The molecule has 0 saturated carbocycles. The van der Waals surface area contributed by atoms with E-state index in [2.05, 4.69) is 52.0 Å². The molecule has 1 aliphatic rings. The summed E-state index contributed by atoms with van der Waals surface area (Å²) in [5.74, 6) is 0. The van der Waals surface area contributed by atoms with Gasteiger partial charge >= 0.3 is 0 Å². The summed E-state index contributed by atoms with van der Waals surface area (Å²) in [5, 5.41) is 9.52. The molecule has 1 fully saturated rings. The third kappa shape index (κ3) is 3.30. The molecule has 1 saturated heterocycles.